The van der Waals surface area contributed by atoms with E-state index in [1.807, 2.05) is 6.92 Å². The zero-order chi connectivity index (χ0) is 14.0. The van der Waals surface area contributed by atoms with Crippen LogP contribution in [0.25, 0.3) is 0 Å². The van der Waals surface area contributed by atoms with Gasteiger partial charge in [-0.2, -0.15) is 0 Å². The molecule has 1 aliphatic carbocycles. The van der Waals surface area contributed by atoms with E-state index in [-0.39, 0.29) is 17.9 Å². The summed E-state index contributed by atoms with van der Waals surface area (Å²) in [4.78, 5) is 11.6. The molecule has 2 unspecified atom stereocenters. The Balaban J connectivity index is 2.34. The van der Waals surface area contributed by atoms with Crippen molar-refractivity contribution in [1.82, 2.24) is 0 Å². The summed E-state index contributed by atoms with van der Waals surface area (Å²) in [7, 11) is 0. The van der Waals surface area contributed by atoms with Crippen LogP contribution in [0.3, 0.4) is 0 Å². The minimum atomic E-state index is -1.03. The zero-order valence-corrected chi connectivity index (χ0v) is 11.0. The first-order valence-electron chi connectivity index (χ1n) is 6.61. The Morgan fingerprint density at radius 2 is 2.05 bits per heavy atom. The minimum Gasteiger partial charge on any atom is -0.481 e. The van der Waals surface area contributed by atoms with E-state index in [0.717, 1.165) is 12.8 Å². The summed E-state index contributed by atoms with van der Waals surface area (Å²) in [5.41, 5.74) is -1.13. The molecule has 0 saturated heterocycles. The van der Waals surface area contributed by atoms with Crippen molar-refractivity contribution in [2.45, 2.75) is 39.0 Å². The van der Waals surface area contributed by atoms with E-state index < -0.39 is 23.0 Å². The molecule has 2 atom stereocenters. The fourth-order valence-electron chi connectivity index (χ4n) is 3.13. The highest BCUT2D eigenvalue weighted by Crippen LogP contribution is 2.42. The second-order valence-electron chi connectivity index (χ2n) is 5.66. The molecule has 1 saturated carbocycles. The highest BCUT2D eigenvalue weighted by atomic mass is 19.1. The summed E-state index contributed by atoms with van der Waals surface area (Å²) in [6, 6.07) is 3.66. The summed E-state index contributed by atoms with van der Waals surface area (Å²) in [5.74, 6) is -1.97. The molecule has 1 aliphatic rings. The molecule has 0 spiro atoms. The molecule has 1 aromatic carbocycles. The topological polar surface area (TPSA) is 37.3 Å². The Morgan fingerprint density at radius 1 is 1.42 bits per heavy atom. The molecular weight excluding hydrogens is 250 g/mol. The van der Waals surface area contributed by atoms with Crippen LogP contribution in [0.2, 0.25) is 0 Å². The van der Waals surface area contributed by atoms with Crippen molar-refractivity contribution >= 4 is 5.97 Å². The molecule has 0 bridgehead atoms. The number of halogens is 2. The number of benzene rings is 1. The first-order valence-corrected chi connectivity index (χ1v) is 6.61. The largest absolute Gasteiger partial charge is 0.481 e. The number of carboxylic acids is 1. The number of rotatable bonds is 3. The third-order valence-electron chi connectivity index (χ3n) is 4.12. The van der Waals surface area contributed by atoms with Gasteiger partial charge in [0.15, 0.2) is 0 Å². The van der Waals surface area contributed by atoms with Crippen LogP contribution in [0, 0.1) is 23.0 Å². The fourth-order valence-corrected chi connectivity index (χ4v) is 3.13. The van der Waals surface area contributed by atoms with Gasteiger partial charge in [0.2, 0.25) is 0 Å². The van der Waals surface area contributed by atoms with Crippen LogP contribution in [0.15, 0.2) is 18.2 Å². The molecule has 4 heteroatoms. The predicted octanol–water partition coefficient (Wildman–Crippen LogP) is 3.79. The van der Waals surface area contributed by atoms with Crippen molar-refractivity contribution < 1.29 is 18.7 Å². The maximum absolute atomic E-state index is 13.7. The van der Waals surface area contributed by atoms with Crippen LogP contribution in [-0.4, -0.2) is 11.1 Å². The molecule has 0 radical (unpaired) electrons. The summed E-state index contributed by atoms with van der Waals surface area (Å²) in [6.45, 7) is 1.99. The van der Waals surface area contributed by atoms with Crippen LogP contribution in [0.5, 0.6) is 0 Å². The molecule has 0 amide bonds. The molecule has 104 valence electrons. The predicted molar refractivity (Wildman–Crippen MR) is 67.8 cm³/mol. The lowest BCUT2D eigenvalue weighted by atomic mass is 9.67. The standard InChI is InChI=1S/C15H18F2O2/c1-10-4-3-7-15(8-10,14(18)19)9-11-12(16)5-2-6-13(11)17/h2,5-6,10H,3-4,7-9H2,1H3,(H,18,19). The molecule has 1 fully saturated rings. The van der Waals surface area contributed by atoms with E-state index in [9.17, 15) is 18.7 Å². The maximum atomic E-state index is 13.7. The summed E-state index contributed by atoms with van der Waals surface area (Å²) in [5, 5.41) is 9.50. The quantitative estimate of drug-likeness (QED) is 0.905. The van der Waals surface area contributed by atoms with E-state index >= 15 is 0 Å². The number of carboxylic acid groups (broad SMARTS) is 1. The minimum absolute atomic E-state index is 0.0643. The SMILES string of the molecule is CC1CCCC(Cc2c(F)cccc2F)(C(=O)O)C1. The van der Waals surface area contributed by atoms with Crippen molar-refractivity contribution in [2.24, 2.45) is 11.3 Å². The molecule has 0 aromatic heterocycles. The average Bonchev–Trinajstić information content (AvgIpc) is 2.34. The lowest BCUT2D eigenvalue weighted by molar-refractivity contribution is -0.152. The van der Waals surface area contributed by atoms with Gasteiger partial charge in [-0.3, -0.25) is 4.79 Å². The van der Waals surface area contributed by atoms with Crippen LogP contribution in [-0.2, 0) is 11.2 Å². The van der Waals surface area contributed by atoms with Crippen LogP contribution in [0.1, 0.15) is 38.2 Å². The molecule has 1 N–H and O–H groups in total. The second kappa shape index (κ2) is 5.27. The van der Waals surface area contributed by atoms with E-state index in [2.05, 4.69) is 0 Å². The summed E-state index contributed by atoms with van der Waals surface area (Å²) < 4.78 is 27.4. The number of carbonyl (C=O) groups is 1. The van der Waals surface area contributed by atoms with Gasteiger partial charge < -0.3 is 5.11 Å². The number of hydrogen-bond donors (Lipinski definition) is 1. The molecule has 0 aliphatic heterocycles. The Labute approximate surface area is 111 Å². The Morgan fingerprint density at radius 3 is 2.58 bits per heavy atom. The molecule has 2 rings (SSSR count). The maximum Gasteiger partial charge on any atom is 0.309 e. The van der Waals surface area contributed by atoms with E-state index in [1.165, 1.54) is 18.2 Å². The lowest BCUT2D eigenvalue weighted by Gasteiger charge is -2.36. The summed E-state index contributed by atoms with van der Waals surface area (Å²) >= 11 is 0. The van der Waals surface area contributed by atoms with Crippen molar-refractivity contribution in [3.8, 4) is 0 Å². The van der Waals surface area contributed by atoms with Gasteiger partial charge in [0, 0.05) is 5.56 Å². The van der Waals surface area contributed by atoms with Gasteiger partial charge in [0.1, 0.15) is 11.6 Å². The van der Waals surface area contributed by atoms with Gasteiger partial charge in [-0.25, -0.2) is 8.78 Å². The Bertz CT molecular complexity index is 467. The lowest BCUT2D eigenvalue weighted by Crippen LogP contribution is -2.38. The molecule has 2 nitrogen and oxygen atoms in total. The first-order chi connectivity index (χ1) is 8.94. The van der Waals surface area contributed by atoms with Gasteiger partial charge in [-0.05, 0) is 37.3 Å². The molecule has 1 aromatic rings. The third kappa shape index (κ3) is 2.77. The Hall–Kier alpha value is -1.45. The zero-order valence-electron chi connectivity index (χ0n) is 11.0. The normalized spacial score (nSPS) is 27.2. The van der Waals surface area contributed by atoms with E-state index in [0.29, 0.717) is 12.8 Å². The highest BCUT2D eigenvalue weighted by Gasteiger charge is 2.42. The van der Waals surface area contributed by atoms with Crippen LogP contribution < -0.4 is 0 Å². The fraction of sp³-hybridized carbons (Fsp3) is 0.533. The summed E-state index contributed by atoms with van der Waals surface area (Å²) in [6.07, 6.45) is 2.68. The van der Waals surface area contributed by atoms with Gasteiger partial charge in [-0.1, -0.05) is 25.8 Å². The molecular formula is C15H18F2O2. The smallest absolute Gasteiger partial charge is 0.309 e. The van der Waals surface area contributed by atoms with Crippen molar-refractivity contribution in [3.05, 3.63) is 35.4 Å². The van der Waals surface area contributed by atoms with Crippen molar-refractivity contribution in [1.29, 1.82) is 0 Å². The van der Waals surface area contributed by atoms with E-state index in [4.69, 9.17) is 0 Å². The van der Waals surface area contributed by atoms with Crippen molar-refractivity contribution in [2.75, 3.05) is 0 Å². The third-order valence-corrected chi connectivity index (χ3v) is 4.12. The number of aliphatic carboxylic acids is 1. The van der Waals surface area contributed by atoms with Gasteiger partial charge in [0.25, 0.3) is 0 Å². The first kappa shape index (κ1) is 14.0. The number of hydrogen-bond acceptors (Lipinski definition) is 1. The molecule has 0 heterocycles. The Kier molecular flexibility index (Phi) is 3.88. The molecule has 19 heavy (non-hydrogen) atoms. The van der Waals surface area contributed by atoms with Gasteiger partial charge in [0.05, 0.1) is 5.41 Å². The average molecular weight is 268 g/mol. The van der Waals surface area contributed by atoms with Crippen molar-refractivity contribution in [3.63, 3.8) is 0 Å². The van der Waals surface area contributed by atoms with Gasteiger partial charge >= 0.3 is 5.97 Å². The van der Waals surface area contributed by atoms with E-state index in [1.54, 1.807) is 0 Å². The van der Waals surface area contributed by atoms with Crippen LogP contribution in [0.4, 0.5) is 8.78 Å². The monoisotopic (exact) mass is 268 g/mol. The second-order valence-corrected chi connectivity index (χ2v) is 5.66. The highest BCUT2D eigenvalue weighted by molar-refractivity contribution is 5.75. The van der Waals surface area contributed by atoms with Crippen LogP contribution >= 0.6 is 0 Å². The van der Waals surface area contributed by atoms with Gasteiger partial charge in [-0.15, -0.1) is 0 Å².